The van der Waals surface area contributed by atoms with Crippen LogP contribution in [-0.2, 0) is 16.0 Å². The topological polar surface area (TPSA) is 123 Å². The van der Waals surface area contributed by atoms with Crippen LogP contribution in [0.25, 0.3) is 6.08 Å². The zero-order valence-corrected chi connectivity index (χ0v) is 18.2. The van der Waals surface area contributed by atoms with E-state index in [1.807, 2.05) is 36.4 Å². The number of benzene rings is 2. The van der Waals surface area contributed by atoms with Gasteiger partial charge in [-0.2, -0.15) is 5.26 Å². The SMILES string of the molecule is N#CC(=Cc1cccc(OCCC(=O)NC(Cc2ccccc2)B(O)O)c1)C(=O)N1CCC1. The van der Waals surface area contributed by atoms with Gasteiger partial charge in [0.05, 0.1) is 19.0 Å². The first kappa shape index (κ1) is 24.0. The number of nitrogens with one attached hydrogen (secondary N) is 1. The molecule has 0 aliphatic carbocycles. The predicted octanol–water partition coefficient (Wildman–Crippen LogP) is 1.33. The first-order valence-electron chi connectivity index (χ1n) is 10.8. The van der Waals surface area contributed by atoms with E-state index in [-0.39, 0.29) is 36.8 Å². The summed E-state index contributed by atoms with van der Waals surface area (Å²) in [5.41, 5.74) is 1.59. The van der Waals surface area contributed by atoms with E-state index in [4.69, 9.17) is 4.74 Å². The second kappa shape index (κ2) is 11.9. The smallest absolute Gasteiger partial charge is 0.475 e. The van der Waals surface area contributed by atoms with Crippen molar-refractivity contribution in [3.05, 3.63) is 71.3 Å². The Hall–Kier alpha value is -3.61. The van der Waals surface area contributed by atoms with Crippen molar-refractivity contribution in [2.24, 2.45) is 0 Å². The quantitative estimate of drug-likeness (QED) is 0.287. The van der Waals surface area contributed by atoms with E-state index in [0.29, 0.717) is 24.4 Å². The molecule has 1 atom stereocenters. The van der Waals surface area contributed by atoms with Crippen molar-refractivity contribution in [2.75, 3.05) is 19.7 Å². The molecule has 1 aliphatic rings. The van der Waals surface area contributed by atoms with E-state index < -0.39 is 13.1 Å². The number of nitrogens with zero attached hydrogens (tertiary/aromatic N) is 2. The molecule has 1 heterocycles. The van der Waals surface area contributed by atoms with E-state index in [9.17, 15) is 24.9 Å². The Morgan fingerprint density at radius 1 is 1.18 bits per heavy atom. The van der Waals surface area contributed by atoms with Gasteiger partial charge in [-0.1, -0.05) is 42.5 Å². The van der Waals surface area contributed by atoms with Crippen LogP contribution in [0, 0.1) is 11.3 Å². The number of likely N-dealkylation sites (tertiary alicyclic amines) is 1. The van der Waals surface area contributed by atoms with Crippen LogP contribution in [0.2, 0.25) is 0 Å². The van der Waals surface area contributed by atoms with Gasteiger partial charge in [0.2, 0.25) is 5.91 Å². The Morgan fingerprint density at radius 2 is 1.94 bits per heavy atom. The first-order valence-corrected chi connectivity index (χ1v) is 10.8. The Balaban J connectivity index is 1.51. The fourth-order valence-corrected chi connectivity index (χ4v) is 3.33. The van der Waals surface area contributed by atoms with Crippen molar-refractivity contribution in [1.29, 1.82) is 5.26 Å². The van der Waals surface area contributed by atoms with Crippen LogP contribution in [0.1, 0.15) is 24.0 Å². The normalized spacial score (nSPS) is 14.0. The van der Waals surface area contributed by atoms with Gasteiger partial charge in [-0.05, 0) is 42.2 Å². The van der Waals surface area contributed by atoms with Crippen LogP contribution in [0.5, 0.6) is 5.75 Å². The number of rotatable bonds is 10. The number of ether oxygens (including phenoxy) is 1. The monoisotopic (exact) mass is 447 g/mol. The lowest BCUT2D eigenvalue weighted by atomic mass is 9.76. The third-order valence-corrected chi connectivity index (χ3v) is 5.27. The van der Waals surface area contributed by atoms with Crippen molar-refractivity contribution < 1.29 is 24.4 Å². The molecule has 0 saturated carbocycles. The zero-order chi connectivity index (χ0) is 23.6. The number of hydrogen-bond donors (Lipinski definition) is 3. The van der Waals surface area contributed by atoms with Crippen LogP contribution in [-0.4, -0.2) is 59.5 Å². The van der Waals surface area contributed by atoms with Gasteiger partial charge in [0.1, 0.15) is 17.4 Å². The molecule has 3 N–H and O–H groups in total. The lowest BCUT2D eigenvalue weighted by Gasteiger charge is -2.30. The maximum absolute atomic E-state index is 12.3. The fourth-order valence-electron chi connectivity index (χ4n) is 3.33. The molecule has 0 aromatic heterocycles. The van der Waals surface area contributed by atoms with Crippen LogP contribution in [0.3, 0.4) is 0 Å². The average molecular weight is 447 g/mol. The third-order valence-electron chi connectivity index (χ3n) is 5.27. The van der Waals surface area contributed by atoms with Gasteiger partial charge in [-0.3, -0.25) is 9.59 Å². The van der Waals surface area contributed by atoms with E-state index in [1.165, 1.54) is 6.08 Å². The predicted molar refractivity (Wildman–Crippen MR) is 124 cm³/mol. The molecule has 1 fully saturated rings. The zero-order valence-electron chi connectivity index (χ0n) is 18.2. The van der Waals surface area contributed by atoms with Crippen molar-refractivity contribution in [2.45, 2.75) is 25.2 Å². The van der Waals surface area contributed by atoms with Gasteiger partial charge in [-0.15, -0.1) is 0 Å². The highest BCUT2D eigenvalue weighted by atomic mass is 16.5. The van der Waals surface area contributed by atoms with Crippen molar-refractivity contribution in [3.63, 3.8) is 0 Å². The second-order valence-electron chi connectivity index (χ2n) is 7.76. The Morgan fingerprint density at radius 3 is 2.58 bits per heavy atom. The summed E-state index contributed by atoms with van der Waals surface area (Å²) in [5.74, 6) is -0.982. The van der Waals surface area contributed by atoms with Crippen LogP contribution >= 0.6 is 0 Å². The summed E-state index contributed by atoms with van der Waals surface area (Å²) >= 11 is 0. The maximum Gasteiger partial charge on any atom is 0.475 e. The molecule has 1 unspecified atom stereocenters. The van der Waals surface area contributed by atoms with Gasteiger partial charge < -0.3 is 25.0 Å². The molecule has 1 saturated heterocycles. The molecular weight excluding hydrogens is 421 g/mol. The molecule has 0 radical (unpaired) electrons. The first-order chi connectivity index (χ1) is 16.0. The summed E-state index contributed by atoms with van der Waals surface area (Å²) in [6, 6.07) is 18.1. The minimum absolute atomic E-state index is 0.0228. The van der Waals surface area contributed by atoms with E-state index >= 15 is 0 Å². The molecule has 0 bridgehead atoms. The highest BCUT2D eigenvalue weighted by Gasteiger charge is 2.25. The molecule has 8 nitrogen and oxygen atoms in total. The molecule has 9 heteroatoms. The van der Waals surface area contributed by atoms with Gasteiger partial charge >= 0.3 is 7.12 Å². The van der Waals surface area contributed by atoms with E-state index in [1.54, 1.807) is 29.2 Å². The molecule has 170 valence electrons. The molecule has 0 spiro atoms. The number of nitriles is 1. The lowest BCUT2D eigenvalue weighted by molar-refractivity contribution is -0.129. The van der Waals surface area contributed by atoms with Gasteiger partial charge in [0.15, 0.2) is 0 Å². The summed E-state index contributed by atoms with van der Waals surface area (Å²) in [5, 5.41) is 31.1. The highest BCUT2D eigenvalue weighted by Crippen LogP contribution is 2.18. The van der Waals surface area contributed by atoms with Crippen LogP contribution in [0.15, 0.2) is 60.2 Å². The number of carbonyl (C=O) groups is 2. The van der Waals surface area contributed by atoms with E-state index in [0.717, 1.165) is 12.0 Å². The van der Waals surface area contributed by atoms with Gasteiger partial charge in [0, 0.05) is 13.1 Å². The standard InChI is InChI=1S/C24H26BN3O5/c26-17-20(24(30)28-11-5-12-28)14-19-8-4-9-21(15-19)33-13-10-23(29)27-22(25(31)32)16-18-6-2-1-3-7-18/h1-4,6-9,14-15,22,31-32H,5,10-13,16H2,(H,27,29). The van der Waals surface area contributed by atoms with Gasteiger partial charge in [-0.25, -0.2) is 0 Å². The lowest BCUT2D eigenvalue weighted by Crippen LogP contribution is -2.48. The summed E-state index contributed by atoms with van der Waals surface area (Å²) in [6.45, 7) is 1.42. The van der Waals surface area contributed by atoms with Crippen molar-refractivity contribution in [1.82, 2.24) is 10.2 Å². The highest BCUT2D eigenvalue weighted by molar-refractivity contribution is 6.43. The number of carbonyl (C=O) groups excluding carboxylic acids is 2. The summed E-state index contributed by atoms with van der Waals surface area (Å²) in [4.78, 5) is 26.2. The molecular formula is C24H26BN3O5. The van der Waals surface area contributed by atoms with E-state index in [2.05, 4.69) is 5.32 Å². The molecule has 3 rings (SSSR count). The molecule has 2 aromatic carbocycles. The summed E-state index contributed by atoms with van der Waals surface area (Å²) < 4.78 is 5.64. The second-order valence-corrected chi connectivity index (χ2v) is 7.76. The molecule has 2 aromatic rings. The summed E-state index contributed by atoms with van der Waals surface area (Å²) in [6.07, 6.45) is 2.79. The number of hydrogen-bond acceptors (Lipinski definition) is 6. The average Bonchev–Trinajstić information content (AvgIpc) is 2.76. The van der Waals surface area contributed by atoms with Crippen molar-refractivity contribution >= 4 is 25.0 Å². The van der Waals surface area contributed by atoms with Crippen LogP contribution in [0.4, 0.5) is 0 Å². The number of amides is 2. The Labute approximate surface area is 193 Å². The molecule has 1 aliphatic heterocycles. The third kappa shape index (κ3) is 7.21. The maximum atomic E-state index is 12.3. The Bertz CT molecular complexity index is 1030. The van der Waals surface area contributed by atoms with Crippen LogP contribution < -0.4 is 10.1 Å². The largest absolute Gasteiger partial charge is 0.493 e. The fraction of sp³-hybridized carbons (Fsp3) is 0.292. The molecule has 33 heavy (non-hydrogen) atoms. The minimum atomic E-state index is -1.69. The van der Waals surface area contributed by atoms with Crippen molar-refractivity contribution in [3.8, 4) is 11.8 Å². The molecule has 2 amide bonds. The Kier molecular flexibility index (Phi) is 8.64. The van der Waals surface area contributed by atoms with Gasteiger partial charge in [0.25, 0.3) is 5.91 Å². The minimum Gasteiger partial charge on any atom is -0.493 e. The summed E-state index contributed by atoms with van der Waals surface area (Å²) in [7, 11) is -1.69.